The maximum atomic E-state index is 6.10. The van der Waals surface area contributed by atoms with Crippen molar-refractivity contribution in [2.45, 2.75) is 51.5 Å². The van der Waals surface area contributed by atoms with E-state index in [1.54, 1.807) is 6.92 Å². The van der Waals surface area contributed by atoms with E-state index in [1.165, 1.54) is 32.1 Å². The van der Waals surface area contributed by atoms with Gasteiger partial charge in [0.15, 0.2) is 5.82 Å². The molecule has 1 atom stereocenters. The molecule has 1 aliphatic rings. The molecule has 5 nitrogen and oxygen atoms in total. The normalized spacial score (nSPS) is 16.6. The van der Waals surface area contributed by atoms with Gasteiger partial charge in [0.1, 0.15) is 5.75 Å². The Morgan fingerprint density at radius 2 is 2.00 bits per heavy atom. The van der Waals surface area contributed by atoms with E-state index in [0.717, 1.165) is 23.8 Å². The van der Waals surface area contributed by atoms with E-state index in [4.69, 9.17) is 15.0 Å². The molecule has 5 heteroatoms. The average Bonchev–Trinajstić information content (AvgIpc) is 3.21. The predicted molar refractivity (Wildman–Crippen MR) is 88.2 cm³/mol. The first-order valence-corrected chi connectivity index (χ1v) is 8.48. The molecule has 23 heavy (non-hydrogen) atoms. The third kappa shape index (κ3) is 4.55. The molecule has 1 aliphatic carbocycles. The van der Waals surface area contributed by atoms with Crippen LogP contribution in [0.5, 0.6) is 5.75 Å². The minimum absolute atomic E-state index is 0.273. The highest BCUT2D eigenvalue weighted by Gasteiger charge is 2.15. The zero-order chi connectivity index (χ0) is 16.1. The number of hydrogen-bond donors (Lipinski definition) is 1. The second kappa shape index (κ2) is 7.59. The molecular formula is C18H25N3O2. The lowest BCUT2D eigenvalue weighted by molar-refractivity contribution is 0.279. The van der Waals surface area contributed by atoms with Crippen LogP contribution in [-0.2, 0) is 6.42 Å². The minimum atomic E-state index is -0.273. The van der Waals surface area contributed by atoms with Crippen LogP contribution in [0.15, 0.2) is 28.8 Å². The molecule has 2 N–H and O–H groups in total. The Bertz CT molecular complexity index is 603. The lowest BCUT2D eigenvalue weighted by atomic mass is 10.1. The number of benzene rings is 1. The maximum Gasteiger partial charge on any atom is 0.243 e. The van der Waals surface area contributed by atoms with Gasteiger partial charge in [0.2, 0.25) is 5.89 Å². The molecule has 0 radical (unpaired) electrons. The number of nitrogens with two attached hydrogens (primary N) is 1. The second-order valence-corrected chi connectivity index (χ2v) is 6.42. The fraction of sp³-hybridized carbons (Fsp3) is 0.556. The topological polar surface area (TPSA) is 74.2 Å². The summed E-state index contributed by atoms with van der Waals surface area (Å²) in [6.07, 6.45) is 7.36. The molecule has 1 heterocycles. The Morgan fingerprint density at radius 1 is 1.26 bits per heavy atom. The van der Waals surface area contributed by atoms with E-state index in [2.05, 4.69) is 10.1 Å². The molecule has 0 aliphatic heterocycles. The number of nitrogens with zero attached hydrogens (tertiary/aromatic N) is 2. The number of hydrogen-bond acceptors (Lipinski definition) is 5. The number of ether oxygens (including phenoxy) is 1. The predicted octanol–water partition coefficient (Wildman–Crippen LogP) is 3.58. The van der Waals surface area contributed by atoms with Crippen molar-refractivity contribution in [3.8, 4) is 5.75 Å². The molecule has 1 unspecified atom stereocenters. The highest BCUT2D eigenvalue weighted by molar-refractivity contribution is 5.28. The Hall–Kier alpha value is -1.88. The molecule has 2 aromatic rings. The summed E-state index contributed by atoms with van der Waals surface area (Å²) in [5, 5.41) is 3.77. The first-order valence-electron chi connectivity index (χ1n) is 8.48. The van der Waals surface area contributed by atoms with Gasteiger partial charge in [-0.25, -0.2) is 0 Å². The SMILES string of the molecule is Cc1noc(C(N)Cc2ccc(OCCC3CCCC3)cc2)n1. The van der Waals surface area contributed by atoms with Gasteiger partial charge in [-0.3, -0.25) is 0 Å². The first kappa shape index (κ1) is 16.0. The van der Waals surface area contributed by atoms with Crippen LogP contribution < -0.4 is 10.5 Å². The van der Waals surface area contributed by atoms with Crippen molar-refractivity contribution in [1.29, 1.82) is 0 Å². The van der Waals surface area contributed by atoms with E-state index >= 15 is 0 Å². The van der Waals surface area contributed by atoms with Gasteiger partial charge in [0, 0.05) is 0 Å². The van der Waals surface area contributed by atoms with Gasteiger partial charge in [-0.15, -0.1) is 0 Å². The van der Waals surface area contributed by atoms with Crippen LogP contribution in [-0.4, -0.2) is 16.7 Å². The number of aryl methyl sites for hydroxylation is 1. The molecule has 3 rings (SSSR count). The van der Waals surface area contributed by atoms with Crippen LogP contribution in [0, 0.1) is 12.8 Å². The summed E-state index contributed by atoms with van der Waals surface area (Å²) >= 11 is 0. The monoisotopic (exact) mass is 315 g/mol. The Kier molecular flexibility index (Phi) is 5.28. The summed E-state index contributed by atoms with van der Waals surface area (Å²) in [5.74, 6) is 2.89. The van der Waals surface area contributed by atoms with Crippen molar-refractivity contribution in [1.82, 2.24) is 10.1 Å². The van der Waals surface area contributed by atoms with Crippen LogP contribution in [0.25, 0.3) is 0 Å². The van der Waals surface area contributed by atoms with Crippen molar-refractivity contribution < 1.29 is 9.26 Å². The van der Waals surface area contributed by atoms with Gasteiger partial charge < -0.3 is 15.0 Å². The summed E-state index contributed by atoms with van der Waals surface area (Å²) < 4.78 is 11.0. The smallest absolute Gasteiger partial charge is 0.243 e. The zero-order valence-electron chi connectivity index (χ0n) is 13.7. The van der Waals surface area contributed by atoms with Crippen LogP contribution in [0.4, 0.5) is 0 Å². The number of rotatable bonds is 7. The van der Waals surface area contributed by atoms with Crippen molar-refractivity contribution in [3.05, 3.63) is 41.5 Å². The van der Waals surface area contributed by atoms with Gasteiger partial charge in [-0.1, -0.05) is 43.0 Å². The molecule has 1 saturated carbocycles. The molecular weight excluding hydrogens is 290 g/mol. The van der Waals surface area contributed by atoms with E-state index in [-0.39, 0.29) is 6.04 Å². The van der Waals surface area contributed by atoms with Gasteiger partial charge in [-0.2, -0.15) is 4.98 Å². The molecule has 1 fully saturated rings. The van der Waals surface area contributed by atoms with Crippen LogP contribution in [0.3, 0.4) is 0 Å². The summed E-state index contributed by atoms with van der Waals surface area (Å²) in [5.41, 5.74) is 7.24. The summed E-state index contributed by atoms with van der Waals surface area (Å²) in [7, 11) is 0. The van der Waals surface area contributed by atoms with E-state index in [9.17, 15) is 0 Å². The standard InChI is InChI=1S/C18H25N3O2/c1-13-20-18(23-21-13)17(19)12-15-6-8-16(9-7-15)22-11-10-14-4-2-3-5-14/h6-9,14,17H,2-5,10-12,19H2,1H3. The highest BCUT2D eigenvalue weighted by Crippen LogP contribution is 2.27. The van der Waals surface area contributed by atoms with Crippen molar-refractivity contribution >= 4 is 0 Å². The summed E-state index contributed by atoms with van der Waals surface area (Å²) in [6.45, 7) is 2.60. The lowest BCUT2D eigenvalue weighted by Gasteiger charge is -2.11. The van der Waals surface area contributed by atoms with Gasteiger partial charge in [0.25, 0.3) is 0 Å². The van der Waals surface area contributed by atoms with E-state index in [0.29, 0.717) is 18.1 Å². The molecule has 0 amide bonds. The van der Waals surface area contributed by atoms with Crippen LogP contribution in [0.1, 0.15) is 55.4 Å². The molecule has 1 aromatic heterocycles. The fourth-order valence-electron chi connectivity index (χ4n) is 3.17. The minimum Gasteiger partial charge on any atom is -0.494 e. The molecule has 0 spiro atoms. The van der Waals surface area contributed by atoms with Crippen molar-refractivity contribution in [2.24, 2.45) is 11.7 Å². The van der Waals surface area contributed by atoms with Gasteiger partial charge in [0.05, 0.1) is 12.6 Å². The molecule has 1 aromatic carbocycles. The Morgan fingerprint density at radius 3 is 2.65 bits per heavy atom. The Labute approximate surface area is 137 Å². The molecule has 0 saturated heterocycles. The van der Waals surface area contributed by atoms with Gasteiger partial charge >= 0.3 is 0 Å². The Balaban J connectivity index is 1.46. The summed E-state index contributed by atoms with van der Waals surface area (Å²) in [6, 6.07) is 7.85. The van der Waals surface area contributed by atoms with E-state index < -0.39 is 0 Å². The largest absolute Gasteiger partial charge is 0.494 e. The highest BCUT2D eigenvalue weighted by atomic mass is 16.5. The third-order valence-electron chi connectivity index (χ3n) is 4.51. The van der Waals surface area contributed by atoms with Crippen molar-refractivity contribution in [3.63, 3.8) is 0 Å². The van der Waals surface area contributed by atoms with Crippen LogP contribution in [0.2, 0.25) is 0 Å². The second-order valence-electron chi connectivity index (χ2n) is 6.42. The maximum absolute atomic E-state index is 6.10. The third-order valence-corrected chi connectivity index (χ3v) is 4.51. The molecule has 0 bridgehead atoms. The van der Waals surface area contributed by atoms with E-state index in [1.807, 2.05) is 24.3 Å². The zero-order valence-corrected chi connectivity index (χ0v) is 13.7. The van der Waals surface area contributed by atoms with Gasteiger partial charge in [-0.05, 0) is 43.4 Å². The van der Waals surface area contributed by atoms with Crippen molar-refractivity contribution in [2.75, 3.05) is 6.61 Å². The summed E-state index contributed by atoms with van der Waals surface area (Å²) in [4.78, 5) is 4.18. The lowest BCUT2D eigenvalue weighted by Crippen LogP contribution is -2.13. The van der Waals surface area contributed by atoms with Crippen LogP contribution >= 0.6 is 0 Å². The first-order chi connectivity index (χ1) is 11.2. The average molecular weight is 315 g/mol. The fourth-order valence-corrected chi connectivity index (χ4v) is 3.17. The quantitative estimate of drug-likeness (QED) is 0.845. The number of aromatic nitrogens is 2. The molecule has 124 valence electrons.